The molecule has 0 atom stereocenters. The van der Waals surface area contributed by atoms with E-state index in [0.717, 1.165) is 6.21 Å². The molecule has 1 amide bonds. The van der Waals surface area contributed by atoms with E-state index in [1.807, 2.05) is 0 Å². The Labute approximate surface area is 47.1 Å². The van der Waals surface area contributed by atoms with Crippen molar-refractivity contribution in [3.63, 3.8) is 0 Å². The number of amides is 1. The van der Waals surface area contributed by atoms with Crippen LogP contribution in [0.5, 0.6) is 0 Å². The third-order valence-corrected chi connectivity index (χ3v) is 0.384. The van der Waals surface area contributed by atoms with E-state index in [4.69, 9.17) is 0 Å². The van der Waals surface area contributed by atoms with Crippen molar-refractivity contribution in [2.75, 3.05) is 7.05 Å². The van der Waals surface area contributed by atoms with E-state index in [2.05, 4.69) is 15.7 Å². The van der Waals surface area contributed by atoms with Gasteiger partial charge in [-0.25, -0.2) is 4.99 Å². The Hall–Kier alpha value is -1.19. The van der Waals surface area contributed by atoms with Gasteiger partial charge in [-0.2, -0.15) is 0 Å². The molecular weight excluding hydrogens is 106 g/mol. The topological polar surface area (TPSA) is 67.8 Å². The monoisotopic (exact) mass is 113 g/mol. The number of carbonyl (C=O) groups excluding carboxylic acids is 1. The summed E-state index contributed by atoms with van der Waals surface area (Å²) in [7, 11) is 1.55. The third kappa shape index (κ3) is 4.81. The second kappa shape index (κ2) is 3.98. The van der Waals surface area contributed by atoms with Crippen LogP contribution in [0.15, 0.2) is 9.98 Å². The molecule has 0 saturated carbocycles. The van der Waals surface area contributed by atoms with Crippen LogP contribution in [-0.4, -0.2) is 25.5 Å². The molecule has 0 heterocycles. The zero-order chi connectivity index (χ0) is 6.41. The Morgan fingerprint density at radius 2 is 2.38 bits per heavy atom. The van der Waals surface area contributed by atoms with E-state index in [-0.39, 0.29) is 0 Å². The van der Waals surface area contributed by atoms with Crippen molar-refractivity contribution in [1.29, 1.82) is 0 Å². The van der Waals surface area contributed by atoms with Crippen molar-refractivity contribution in [2.45, 2.75) is 0 Å². The van der Waals surface area contributed by atoms with E-state index < -0.39 is 5.91 Å². The first-order valence-electron chi connectivity index (χ1n) is 2.00. The number of hydrogen-bond donors (Lipinski definition) is 1. The van der Waals surface area contributed by atoms with Gasteiger partial charge in [0.25, 0.3) is 5.91 Å². The van der Waals surface area contributed by atoms with Gasteiger partial charge in [-0.05, 0) is 0 Å². The Morgan fingerprint density at radius 3 is 2.75 bits per heavy atom. The lowest BCUT2D eigenvalue weighted by Crippen LogP contribution is -2.11. The lowest BCUT2D eigenvalue weighted by molar-refractivity contribution is -0.111. The normalized spacial score (nSPS) is 11.1. The molecule has 0 aromatic carbocycles. The predicted molar refractivity (Wildman–Crippen MR) is 32.1 cm³/mol. The first-order valence-corrected chi connectivity index (χ1v) is 2.00. The fourth-order valence-electron chi connectivity index (χ4n) is 0.173. The van der Waals surface area contributed by atoms with E-state index in [1.54, 1.807) is 7.05 Å². The molecule has 0 aliphatic rings. The minimum Gasteiger partial charge on any atom is -0.365 e. The molecule has 0 radical (unpaired) electrons. The molecule has 4 heteroatoms. The van der Waals surface area contributed by atoms with Gasteiger partial charge >= 0.3 is 0 Å². The first-order chi connectivity index (χ1) is 3.77. The summed E-state index contributed by atoms with van der Waals surface area (Å²) in [5.41, 5.74) is 4.68. The lowest BCUT2D eigenvalue weighted by atomic mass is 10.7. The Kier molecular flexibility index (Phi) is 3.39. The molecular formula is C4H7N3O. The van der Waals surface area contributed by atoms with Gasteiger partial charge in [0.05, 0.1) is 6.21 Å². The van der Waals surface area contributed by atoms with Gasteiger partial charge in [0.1, 0.15) is 6.34 Å². The number of rotatable bonds is 2. The van der Waals surface area contributed by atoms with Gasteiger partial charge in [-0.3, -0.25) is 9.79 Å². The fraction of sp³-hybridized carbons (Fsp3) is 0.250. The highest BCUT2D eigenvalue weighted by Crippen LogP contribution is 1.55. The van der Waals surface area contributed by atoms with Crippen molar-refractivity contribution >= 4 is 18.5 Å². The molecule has 0 saturated heterocycles. The number of nitrogens with two attached hydrogens (primary N) is 1. The number of carbonyl (C=O) groups is 1. The number of nitrogens with zero attached hydrogens (tertiary/aromatic N) is 2. The molecule has 0 rings (SSSR count). The van der Waals surface area contributed by atoms with Crippen LogP contribution in [0.3, 0.4) is 0 Å². The maximum Gasteiger partial charge on any atom is 0.259 e. The van der Waals surface area contributed by atoms with E-state index in [9.17, 15) is 4.79 Å². The largest absolute Gasteiger partial charge is 0.365 e. The lowest BCUT2D eigenvalue weighted by Gasteiger charge is -1.72. The average molecular weight is 113 g/mol. The maximum atomic E-state index is 9.89. The molecule has 2 N–H and O–H groups in total. The van der Waals surface area contributed by atoms with Gasteiger partial charge < -0.3 is 5.73 Å². The molecule has 0 unspecified atom stereocenters. The summed E-state index contributed by atoms with van der Waals surface area (Å²) in [6, 6.07) is 0. The summed E-state index contributed by atoms with van der Waals surface area (Å²) in [5, 5.41) is 0. The van der Waals surface area contributed by atoms with E-state index >= 15 is 0 Å². The summed E-state index contributed by atoms with van der Waals surface area (Å²) in [5.74, 6) is -0.565. The molecule has 0 bridgehead atoms. The van der Waals surface area contributed by atoms with Crippen LogP contribution >= 0.6 is 0 Å². The van der Waals surface area contributed by atoms with Crippen molar-refractivity contribution < 1.29 is 4.79 Å². The van der Waals surface area contributed by atoms with Gasteiger partial charge in [0.2, 0.25) is 0 Å². The maximum absolute atomic E-state index is 9.89. The smallest absolute Gasteiger partial charge is 0.259 e. The summed E-state index contributed by atoms with van der Waals surface area (Å²) >= 11 is 0. The zero-order valence-corrected chi connectivity index (χ0v) is 4.53. The molecule has 8 heavy (non-hydrogen) atoms. The number of hydrogen-bond acceptors (Lipinski definition) is 2. The van der Waals surface area contributed by atoms with Gasteiger partial charge in [-0.1, -0.05) is 0 Å². The van der Waals surface area contributed by atoms with Crippen molar-refractivity contribution in [3.8, 4) is 0 Å². The van der Waals surface area contributed by atoms with E-state index in [1.165, 1.54) is 6.34 Å². The third-order valence-electron chi connectivity index (χ3n) is 0.384. The second-order valence-corrected chi connectivity index (χ2v) is 1.05. The molecule has 0 aromatic heterocycles. The predicted octanol–water partition coefficient (Wildman–Crippen LogP) is -0.799. The molecule has 4 nitrogen and oxygen atoms in total. The molecule has 44 valence electrons. The van der Waals surface area contributed by atoms with Gasteiger partial charge in [-0.15, -0.1) is 0 Å². The highest BCUT2D eigenvalue weighted by atomic mass is 16.1. The Morgan fingerprint density at radius 1 is 1.75 bits per heavy atom. The summed E-state index contributed by atoms with van der Waals surface area (Å²) in [6.07, 6.45) is 2.23. The van der Waals surface area contributed by atoms with Crippen molar-refractivity contribution in [1.82, 2.24) is 0 Å². The van der Waals surface area contributed by atoms with Crippen molar-refractivity contribution in [3.05, 3.63) is 0 Å². The molecule has 0 spiro atoms. The second-order valence-electron chi connectivity index (χ2n) is 1.05. The highest BCUT2D eigenvalue weighted by Gasteiger charge is 1.77. The summed E-state index contributed by atoms with van der Waals surface area (Å²) in [4.78, 5) is 16.8. The number of primary amides is 1. The minimum atomic E-state index is -0.565. The molecule has 0 fully saturated rings. The van der Waals surface area contributed by atoms with Crippen LogP contribution in [0.25, 0.3) is 0 Å². The van der Waals surface area contributed by atoms with Crippen LogP contribution in [0.1, 0.15) is 0 Å². The van der Waals surface area contributed by atoms with E-state index in [0.29, 0.717) is 0 Å². The fourth-order valence-corrected chi connectivity index (χ4v) is 0.173. The number of aliphatic imine (C=N–C) groups is 2. The molecule has 0 aliphatic heterocycles. The van der Waals surface area contributed by atoms with Crippen LogP contribution in [0.2, 0.25) is 0 Å². The minimum absolute atomic E-state index is 0.565. The average Bonchev–Trinajstić information content (AvgIpc) is 1.66. The van der Waals surface area contributed by atoms with Crippen LogP contribution in [-0.2, 0) is 4.79 Å². The Balaban J connectivity index is 3.50. The van der Waals surface area contributed by atoms with Crippen LogP contribution in [0, 0.1) is 0 Å². The highest BCUT2D eigenvalue weighted by molar-refractivity contribution is 6.26. The van der Waals surface area contributed by atoms with Gasteiger partial charge in [0.15, 0.2) is 0 Å². The molecule has 0 aromatic rings. The first kappa shape index (κ1) is 6.81. The van der Waals surface area contributed by atoms with Crippen LogP contribution in [0.4, 0.5) is 0 Å². The summed E-state index contributed by atoms with van der Waals surface area (Å²) in [6.45, 7) is 0. The Bertz CT molecular complexity index is 127. The standard InChI is InChI=1S/C4H7N3O/c1-6-3-7-2-4(5)8/h2-3H,1H3,(H2,5,8)/b6-3-,7-2+. The van der Waals surface area contributed by atoms with Crippen LogP contribution < -0.4 is 5.73 Å². The quantitative estimate of drug-likeness (QED) is 0.369. The van der Waals surface area contributed by atoms with Gasteiger partial charge in [0, 0.05) is 7.05 Å². The van der Waals surface area contributed by atoms with Crippen molar-refractivity contribution in [2.24, 2.45) is 15.7 Å². The zero-order valence-electron chi connectivity index (χ0n) is 4.53. The SMILES string of the molecule is C/N=C\N=C\C(N)=O. The molecule has 0 aliphatic carbocycles. The summed E-state index contributed by atoms with van der Waals surface area (Å²) < 4.78 is 0.